The highest BCUT2D eigenvalue weighted by atomic mass is 35.5. The van der Waals surface area contributed by atoms with Gasteiger partial charge in [-0.25, -0.2) is 0 Å². The number of nitrogen functional groups attached to an aromatic ring is 1. The van der Waals surface area contributed by atoms with E-state index >= 15 is 0 Å². The minimum atomic E-state index is 0.552. The number of nitrogens with zero attached hydrogens (tertiary/aromatic N) is 3. The summed E-state index contributed by atoms with van der Waals surface area (Å²) in [5.41, 5.74) is 9.87. The Morgan fingerprint density at radius 3 is 2.95 bits per heavy atom. The van der Waals surface area contributed by atoms with Crippen LogP contribution >= 0.6 is 23.2 Å². The molecule has 1 aliphatic rings. The van der Waals surface area contributed by atoms with Crippen LogP contribution in [0.1, 0.15) is 17.0 Å². The highest BCUT2D eigenvalue weighted by molar-refractivity contribution is 6.34. The largest absolute Gasteiger partial charge is 0.398 e. The SMILES string of the molecule is Nc1ccnc2c1CN(Cc1ncc(Cl)cc1Cl)CC2. The van der Waals surface area contributed by atoms with Crippen LogP contribution in [0.25, 0.3) is 0 Å². The second kappa shape index (κ2) is 5.56. The van der Waals surface area contributed by atoms with Gasteiger partial charge in [0.2, 0.25) is 0 Å². The first-order chi connectivity index (χ1) is 9.63. The van der Waals surface area contributed by atoms with Gasteiger partial charge in [-0.3, -0.25) is 14.9 Å². The maximum absolute atomic E-state index is 6.17. The van der Waals surface area contributed by atoms with Crippen molar-refractivity contribution in [1.82, 2.24) is 14.9 Å². The number of pyridine rings is 2. The minimum Gasteiger partial charge on any atom is -0.398 e. The van der Waals surface area contributed by atoms with Crippen molar-refractivity contribution in [1.29, 1.82) is 0 Å². The van der Waals surface area contributed by atoms with Crippen LogP contribution < -0.4 is 5.73 Å². The lowest BCUT2D eigenvalue weighted by Crippen LogP contribution is -2.31. The molecule has 0 radical (unpaired) electrons. The minimum absolute atomic E-state index is 0.552. The third-order valence-corrected chi connectivity index (χ3v) is 4.02. The molecule has 4 nitrogen and oxygen atoms in total. The van der Waals surface area contributed by atoms with E-state index < -0.39 is 0 Å². The number of nitrogens with two attached hydrogens (primary N) is 1. The van der Waals surface area contributed by atoms with Crippen molar-refractivity contribution in [2.45, 2.75) is 19.5 Å². The average Bonchev–Trinajstić information content (AvgIpc) is 2.43. The lowest BCUT2D eigenvalue weighted by Gasteiger charge is -2.28. The van der Waals surface area contributed by atoms with Crippen LogP contribution in [0.3, 0.4) is 0 Å². The number of aromatic nitrogens is 2. The van der Waals surface area contributed by atoms with E-state index in [2.05, 4.69) is 14.9 Å². The lowest BCUT2D eigenvalue weighted by molar-refractivity contribution is 0.241. The van der Waals surface area contributed by atoms with Gasteiger partial charge in [0, 0.05) is 55.4 Å². The fourth-order valence-electron chi connectivity index (χ4n) is 2.42. The first-order valence-corrected chi connectivity index (χ1v) is 7.13. The molecule has 0 bridgehead atoms. The first kappa shape index (κ1) is 13.6. The van der Waals surface area contributed by atoms with Crippen LogP contribution in [0.2, 0.25) is 10.0 Å². The highest BCUT2D eigenvalue weighted by Gasteiger charge is 2.20. The van der Waals surface area contributed by atoms with E-state index in [0.717, 1.165) is 42.1 Å². The predicted octanol–water partition coefficient (Wildman–Crippen LogP) is 2.92. The Balaban J connectivity index is 1.79. The molecule has 2 aromatic heterocycles. The molecule has 0 fully saturated rings. The first-order valence-electron chi connectivity index (χ1n) is 6.38. The van der Waals surface area contributed by atoms with Crippen LogP contribution in [0.15, 0.2) is 24.5 Å². The van der Waals surface area contributed by atoms with Gasteiger partial charge in [0.25, 0.3) is 0 Å². The normalized spacial score (nSPS) is 15.1. The number of rotatable bonds is 2. The summed E-state index contributed by atoms with van der Waals surface area (Å²) in [4.78, 5) is 10.9. The van der Waals surface area contributed by atoms with Gasteiger partial charge in [-0.05, 0) is 12.1 Å². The van der Waals surface area contributed by atoms with Gasteiger partial charge in [-0.1, -0.05) is 23.2 Å². The Labute approximate surface area is 127 Å². The van der Waals surface area contributed by atoms with Crippen LogP contribution in [0, 0.1) is 0 Å². The molecule has 2 aromatic rings. The summed E-state index contributed by atoms with van der Waals surface area (Å²) in [7, 11) is 0. The lowest BCUT2D eigenvalue weighted by atomic mass is 10.0. The molecule has 0 saturated heterocycles. The Kier molecular flexibility index (Phi) is 3.78. The fraction of sp³-hybridized carbons (Fsp3) is 0.286. The summed E-state index contributed by atoms with van der Waals surface area (Å²) in [5.74, 6) is 0. The van der Waals surface area contributed by atoms with Gasteiger partial charge in [-0.15, -0.1) is 0 Å². The van der Waals surface area contributed by atoms with Crippen LogP contribution in [0.5, 0.6) is 0 Å². The summed E-state index contributed by atoms with van der Waals surface area (Å²) in [6.45, 7) is 2.38. The monoisotopic (exact) mass is 308 g/mol. The molecule has 0 spiro atoms. The molecule has 20 heavy (non-hydrogen) atoms. The van der Waals surface area contributed by atoms with Crippen molar-refractivity contribution in [2.75, 3.05) is 12.3 Å². The summed E-state index contributed by atoms with van der Waals surface area (Å²) in [6.07, 6.45) is 4.28. The van der Waals surface area contributed by atoms with E-state index in [-0.39, 0.29) is 0 Å². The molecule has 0 saturated carbocycles. The molecule has 0 unspecified atom stereocenters. The summed E-state index contributed by atoms with van der Waals surface area (Å²) in [6, 6.07) is 3.56. The van der Waals surface area contributed by atoms with Gasteiger partial charge >= 0.3 is 0 Å². The number of halogens is 2. The van der Waals surface area contributed by atoms with Crippen molar-refractivity contribution in [3.63, 3.8) is 0 Å². The van der Waals surface area contributed by atoms with Gasteiger partial charge in [-0.2, -0.15) is 0 Å². The Bertz CT molecular complexity index is 645. The Hall–Kier alpha value is -1.36. The molecule has 6 heteroatoms. The second-order valence-electron chi connectivity index (χ2n) is 4.87. The van der Waals surface area contributed by atoms with E-state index in [1.54, 1.807) is 18.5 Å². The number of fused-ring (bicyclic) bond motifs is 1. The molecular weight excluding hydrogens is 295 g/mol. The molecule has 3 heterocycles. The third-order valence-electron chi connectivity index (χ3n) is 3.49. The molecule has 3 rings (SSSR count). The van der Waals surface area contributed by atoms with E-state index in [0.29, 0.717) is 16.6 Å². The fourth-order valence-corrected chi connectivity index (χ4v) is 2.86. The van der Waals surface area contributed by atoms with Gasteiger partial charge < -0.3 is 5.73 Å². The van der Waals surface area contributed by atoms with E-state index in [1.807, 2.05) is 6.07 Å². The Morgan fingerprint density at radius 1 is 1.30 bits per heavy atom. The van der Waals surface area contributed by atoms with Crippen LogP contribution in [-0.4, -0.2) is 21.4 Å². The van der Waals surface area contributed by atoms with Gasteiger partial charge in [0.05, 0.1) is 15.7 Å². The molecule has 0 atom stereocenters. The zero-order valence-electron chi connectivity index (χ0n) is 10.8. The van der Waals surface area contributed by atoms with E-state index in [4.69, 9.17) is 28.9 Å². The third kappa shape index (κ3) is 2.73. The van der Waals surface area contributed by atoms with Crippen molar-refractivity contribution < 1.29 is 0 Å². The summed E-state index contributed by atoms with van der Waals surface area (Å²) >= 11 is 12.0. The molecule has 0 aromatic carbocycles. The molecule has 0 amide bonds. The van der Waals surface area contributed by atoms with E-state index in [1.165, 1.54) is 0 Å². The average molecular weight is 309 g/mol. The zero-order valence-corrected chi connectivity index (χ0v) is 12.3. The molecular formula is C14H14Cl2N4. The highest BCUT2D eigenvalue weighted by Crippen LogP contribution is 2.25. The maximum Gasteiger partial charge on any atom is 0.0731 e. The van der Waals surface area contributed by atoms with Crippen molar-refractivity contribution in [3.8, 4) is 0 Å². The van der Waals surface area contributed by atoms with Gasteiger partial charge in [0.15, 0.2) is 0 Å². The zero-order chi connectivity index (χ0) is 14.1. The Morgan fingerprint density at radius 2 is 2.15 bits per heavy atom. The predicted molar refractivity (Wildman–Crippen MR) is 80.7 cm³/mol. The van der Waals surface area contributed by atoms with Gasteiger partial charge in [0.1, 0.15) is 0 Å². The quantitative estimate of drug-likeness (QED) is 0.927. The van der Waals surface area contributed by atoms with Crippen molar-refractivity contribution >= 4 is 28.9 Å². The van der Waals surface area contributed by atoms with E-state index in [9.17, 15) is 0 Å². The standard InChI is InChI=1S/C14H14Cl2N4/c15-9-5-11(16)14(19-6-9)8-20-4-2-13-10(7-20)12(17)1-3-18-13/h1,3,5-6H,2,4,7-8H2,(H2,17,18). The summed E-state index contributed by atoms with van der Waals surface area (Å²) < 4.78 is 0. The number of hydrogen-bond donors (Lipinski definition) is 1. The smallest absolute Gasteiger partial charge is 0.0731 e. The molecule has 2 N–H and O–H groups in total. The second-order valence-corrected chi connectivity index (χ2v) is 5.71. The summed E-state index contributed by atoms with van der Waals surface area (Å²) in [5, 5.41) is 1.15. The maximum atomic E-state index is 6.17. The van der Waals surface area contributed by atoms with Crippen molar-refractivity contribution in [3.05, 3.63) is 51.5 Å². The number of anilines is 1. The van der Waals surface area contributed by atoms with Crippen LogP contribution in [0.4, 0.5) is 5.69 Å². The molecule has 104 valence electrons. The molecule has 0 aliphatic carbocycles. The topological polar surface area (TPSA) is 55.0 Å². The number of hydrogen-bond acceptors (Lipinski definition) is 4. The van der Waals surface area contributed by atoms with Crippen LogP contribution in [-0.2, 0) is 19.5 Å². The molecule has 1 aliphatic heterocycles. The van der Waals surface area contributed by atoms with Crippen molar-refractivity contribution in [2.24, 2.45) is 0 Å².